The number of esters is 1. The summed E-state index contributed by atoms with van der Waals surface area (Å²) < 4.78 is 5.11. The van der Waals surface area contributed by atoms with E-state index in [4.69, 9.17) is 4.74 Å². The van der Waals surface area contributed by atoms with Crippen molar-refractivity contribution in [2.24, 2.45) is 16.3 Å². The molecule has 0 spiro atoms. The minimum atomic E-state index is -0.557. The number of hydrogen-bond acceptors (Lipinski definition) is 4. The summed E-state index contributed by atoms with van der Waals surface area (Å²) in [5.74, 6) is 0.658. The zero-order valence-corrected chi connectivity index (χ0v) is 15.6. The molecule has 2 N–H and O–H groups in total. The van der Waals surface area contributed by atoms with Gasteiger partial charge in [-0.15, -0.1) is 0 Å². The first-order chi connectivity index (χ1) is 11.4. The van der Waals surface area contributed by atoms with E-state index in [1.165, 1.54) is 0 Å². The number of aliphatic imine (C=N–C) groups is 1. The summed E-state index contributed by atoms with van der Waals surface area (Å²) in [5, 5.41) is 5.96. The number of carbonyl (C=O) groups excluding carboxylic acids is 2. The SMILES string of the molecule is CCNC(=NCC(C)(C)C(=O)NC)N1CCC(C(=O)OCC)CC1. The van der Waals surface area contributed by atoms with Crippen molar-refractivity contribution in [1.82, 2.24) is 15.5 Å². The normalized spacial score (nSPS) is 16.7. The Labute approximate surface area is 145 Å². The van der Waals surface area contributed by atoms with Gasteiger partial charge < -0.3 is 20.3 Å². The Balaban J connectivity index is 2.68. The van der Waals surface area contributed by atoms with Crippen molar-refractivity contribution in [3.05, 3.63) is 0 Å². The van der Waals surface area contributed by atoms with E-state index >= 15 is 0 Å². The summed E-state index contributed by atoms with van der Waals surface area (Å²) in [4.78, 5) is 30.5. The Morgan fingerprint density at radius 1 is 1.25 bits per heavy atom. The molecular weight excluding hydrogens is 308 g/mol. The highest BCUT2D eigenvalue weighted by Gasteiger charge is 2.29. The summed E-state index contributed by atoms with van der Waals surface area (Å²) in [6.07, 6.45) is 1.53. The summed E-state index contributed by atoms with van der Waals surface area (Å²) in [5.41, 5.74) is -0.557. The van der Waals surface area contributed by atoms with Gasteiger partial charge >= 0.3 is 5.97 Å². The molecule has 0 aromatic rings. The Morgan fingerprint density at radius 2 is 1.88 bits per heavy atom. The van der Waals surface area contributed by atoms with Gasteiger partial charge in [0.15, 0.2) is 5.96 Å². The van der Waals surface area contributed by atoms with E-state index in [2.05, 4.69) is 20.5 Å². The Kier molecular flexibility index (Phi) is 8.01. The van der Waals surface area contributed by atoms with Gasteiger partial charge in [0.05, 0.1) is 24.5 Å². The number of ether oxygens (including phenoxy) is 1. The molecular formula is C17H32N4O3. The summed E-state index contributed by atoms with van der Waals surface area (Å²) in [7, 11) is 1.64. The molecule has 1 fully saturated rings. The molecule has 7 heteroatoms. The molecule has 0 saturated carbocycles. The molecule has 1 heterocycles. The number of nitrogens with one attached hydrogen (secondary N) is 2. The first-order valence-corrected chi connectivity index (χ1v) is 8.77. The van der Waals surface area contributed by atoms with Crippen LogP contribution in [0.2, 0.25) is 0 Å². The lowest BCUT2D eigenvalue weighted by molar-refractivity contribution is -0.149. The van der Waals surface area contributed by atoms with Crippen LogP contribution in [0.3, 0.4) is 0 Å². The molecule has 24 heavy (non-hydrogen) atoms. The van der Waals surface area contributed by atoms with E-state index in [-0.39, 0.29) is 17.8 Å². The molecule has 0 radical (unpaired) electrons. The summed E-state index contributed by atoms with van der Waals surface area (Å²) in [6.45, 7) is 10.7. The van der Waals surface area contributed by atoms with Gasteiger partial charge in [0.2, 0.25) is 5.91 Å². The van der Waals surface area contributed by atoms with Crippen LogP contribution in [0.25, 0.3) is 0 Å². The van der Waals surface area contributed by atoms with Crippen molar-refractivity contribution in [3.63, 3.8) is 0 Å². The lowest BCUT2D eigenvalue weighted by Gasteiger charge is -2.33. The second-order valence-corrected chi connectivity index (χ2v) is 6.65. The topological polar surface area (TPSA) is 83.0 Å². The number of amides is 1. The highest BCUT2D eigenvalue weighted by Crippen LogP contribution is 2.20. The lowest BCUT2D eigenvalue weighted by atomic mass is 9.92. The number of piperidine rings is 1. The van der Waals surface area contributed by atoms with Crippen molar-refractivity contribution >= 4 is 17.8 Å². The Hall–Kier alpha value is -1.79. The van der Waals surface area contributed by atoms with Crippen LogP contribution in [-0.2, 0) is 14.3 Å². The smallest absolute Gasteiger partial charge is 0.309 e. The number of carbonyl (C=O) groups is 2. The number of rotatable bonds is 6. The number of nitrogens with zero attached hydrogens (tertiary/aromatic N) is 2. The van der Waals surface area contributed by atoms with Gasteiger partial charge in [-0.05, 0) is 40.5 Å². The second kappa shape index (κ2) is 9.49. The minimum absolute atomic E-state index is 0.0219. The van der Waals surface area contributed by atoms with Crippen LogP contribution in [0.5, 0.6) is 0 Å². The van der Waals surface area contributed by atoms with Gasteiger partial charge in [-0.3, -0.25) is 14.6 Å². The van der Waals surface area contributed by atoms with Crippen molar-refractivity contribution in [2.75, 3.05) is 39.8 Å². The van der Waals surface area contributed by atoms with Gasteiger partial charge in [-0.25, -0.2) is 0 Å². The summed E-state index contributed by atoms with van der Waals surface area (Å²) in [6, 6.07) is 0. The molecule has 1 aliphatic heterocycles. The Morgan fingerprint density at radius 3 is 2.38 bits per heavy atom. The standard InChI is InChI=1S/C17H32N4O3/c1-6-19-16(20-12-17(3,4)15(23)18-5)21-10-8-13(9-11-21)14(22)24-7-2/h13H,6-12H2,1-5H3,(H,18,23)(H,19,20). The highest BCUT2D eigenvalue weighted by atomic mass is 16.5. The third-order valence-electron chi connectivity index (χ3n) is 4.22. The molecule has 1 saturated heterocycles. The van der Waals surface area contributed by atoms with Crippen molar-refractivity contribution in [1.29, 1.82) is 0 Å². The van der Waals surface area contributed by atoms with Crippen LogP contribution >= 0.6 is 0 Å². The van der Waals surface area contributed by atoms with Crippen molar-refractivity contribution in [2.45, 2.75) is 40.5 Å². The molecule has 0 aliphatic carbocycles. The average molecular weight is 340 g/mol. The van der Waals surface area contributed by atoms with E-state index < -0.39 is 5.41 Å². The molecule has 1 rings (SSSR count). The maximum atomic E-state index is 11.9. The van der Waals surface area contributed by atoms with Crippen LogP contribution in [0.15, 0.2) is 4.99 Å². The van der Waals surface area contributed by atoms with Crippen molar-refractivity contribution < 1.29 is 14.3 Å². The van der Waals surface area contributed by atoms with Crippen LogP contribution < -0.4 is 10.6 Å². The van der Waals surface area contributed by atoms with Crippen LogP contribution in [0.4, 0.5) is 0 Å². The van der Waals surface area contributed by atoms with Gasteiger partial charge in [0, 0.05) is 26.7 Å². The fourth-order valence-corrected chi connectivity index (χ4v) is 2.70. The number of likely N-dealkylation sites (tertiary alicyclic amines) is 1. The molecule has 0 aromatic carbocycles. The van der Waals surface area contributed by atoms with Crippen LogP contribution in [0.1, 0.15) is 40.5 Å². The lowest BCUT2D eigenvalue weighted by Crippen LogP contribution is -2.47. The fourth-order valence-electron chi connectivity index (χ4n) is 2.70. The van der Waals surface area contributed by atoms with E-state index in [0.717, 1.165) is 38.4 Å². The zero-order chi connectivity index (χ0) is 18.2. The maximum absolute atomic E-state index is 11.9. The zero-order valence-electron chi connectivity index (χ0n) is 15.6. The molecule has 0 aromatic heterocycles. The first kappa shape index (κ1) is 20.3. The third kappa shape index (κ3) is 5.69. The van der Waals surface area contributed by atoms with Crippen LogP contribution in [0, 0.1) is 11.3 Å². The van der Waals surface area contributed by atoms with Crippen molar-refractivity contribution in [3.8, 4) is 0 Å². The summed E-state index contributed by atoms with van der Waals surface area (Å²) >= 11 is 0. The number of guanidine groups is 1. The first-order valence-electron chi connectivity index (χ1n) is 8.77. The fraction of sp³-hybridized carbons (Fsp3) is 0.824. The molecule has 1 amide bonds. The van der Waals surface area contributed by atoms with E-state index in [1.807, 2.05) is 27.7 Å². The molecule has 0 unspecified atom stereocenters. The predicted molar refractivity (Wildman–Crippen MR) is 94.8 cm³/mol. The molecule has 1 aliphatic rings. The highest BCUT2D eigenvalue weighted by molar-refractivity contribution is 5.83. The van der Waals surface area contributed by atoms with Gasteiger partial charge in [-0.2, -0.15) is 0 Å². The van der Waals surface area contributed by atoms with E-state index in [9.17, 15) is 9.59 Å². The number of hydrogen-bond donors (Lipinski definition) is 2. The van der Waals surface area contributed by atoms with E-state index in [1.54, 1.807) is 7.05 Å². The maximum Gasteiger partial charge on any atom is 0.309 e. The largest absolute Gasteiger partial charge is 0.466 e. The van der Waals surface area contributed by atoms with Gasteiger partial charge in [0.1, 0.15) is 0 Å². The monoisotopic (exact) mass is 340 g/mol. The van der Waals surface area contributed by atoms with Gasteiger partial charge in [0.25, 0.3) is 0 Å². The van der Waals surface area contributed by atoms with Gasteiger partial charge in [-0.1, -0.05) is 0 Å². The van der Waals surface area contributed by atoms with E-state index in [0.29, 0.717) is 13.2 Å². The Bertz CT molecular complexity index is 455. The molecule has 7 nitrogen and oxygen atoms in total. The predicted octanol–water partition coefficient (Wildman–Crippen LogP) is 0.999. The quantitative estimate of drug-likeness (QED) is 0.428. The molecule has 138 valence electrons. The second-order valence-electron chi connectivity index (χ2n) is 6.65. The minimum Gasteiger partial charge on any atom is -0.466 e. The molecule has 0 bridgehead atoms. The average Bonchev–Trinajstić information content (AvgIpc) is 2.58. The molecule has 0 atom stereocenters. The van der Waals surface area contributed by atoms with Crippen LogP contribution in [-0.4, -0.2) is 62.6 Å². The third-order valence-corrected chi connectivity index (χ3v) is 4.22.